The molecule has 1 atom stereocenters. The first-order valence-corrected chi connectivity index (χ1v) is 10.9. The summed E-state index contributed by atoms with van der Waals surface area (Å²) in [5.41, 5.74) is -0.532. The molecule has 1 saturated carbocycles. The van der Waals surface area contributed by atoms with Gasteiger partial charge in [-0.3, -0.25) is 4.79 Å². The molecule has 0 unspecified atom stereocenters. The van der Waals surface area contributed by atoms with E-state index in [9.17, 15) is 9.59 Å². The maximum absolute atomic E-state index is 12.5. The molecule has 0 spiro atoms. The third-order valence-corrected chi connectivity index (χ3v) is 6.05. The van der Waals surface area contributed by atoms with Gasteiger partial charge in [-0.05, 0) is 55.1 Å². The van der Waals surface area contributed by atoms with Crippen molar-refractivity contribution in [2.24, 2.45) is 5.92 Å². The second-order valence-electron chi connectivity index (χ2n) is 7.92. The lowest BCUT2D eigenvalue weighted by atomic mass is 9.85. The maximum atomic E-state index is 12.5. The van der Waals surface area contributed by atoms with Gasteiger partial charge in [-0.15, -0.1) is 11.3 Å². The highest BCUT2D eigenvalue weighted by Gasteiger charge is 2.23. The predicted octanol–water partition coefficient (Wildman–Crippen LogP) is 5.10. The Morgan fingerprint density at radius 3 is 2.58 bits per heavy atom. The van der Waals surface area contributed by atoms with E-state index in [1.54, 1.807) is 0 Å². The molecule has 1 aliphatic rings. The van der Waals surface area contributed by atoms with Crippen LogP contribution in [0.25, 0.3) is 0 Å². The molecule has 2 rings (SSSR count). The minimum absolute atomic E-state index is 0.0903. The summed E-state index contributed by atoms with van der Waals surface area (Å²) in [4.78, 5) is 25.2. The van der Waals surface area contributed by atoms with Crippen LogP contribution in [-0.4, -0.2) is 30.2 Å². The largest absolute Gasteiger partial charge is 0.444 e. The van der Waals surface area contributed by atoms with E-state index in [1.807, 2.05) is 32.2 Å². The fraction of sp³-hybridized carbons (Fsp3) is 0.684. The van der Waals surface area contributed by atoms with Gasteiger partial charge in [-0.2, -0.15) is 0 Å². The van der Waals surface area contributed by atoms with E-state index < -0.39 is 11.7 Å². The summed E-state index contributed by atoms with van der Waals surface area (Å²) in [5.74, 6) is 0.511. The second kappa shape index (κ2) is 9.74. The van der Waals surface area contributed by atoms with Gasteiger partial charge in [0.05, 0.1) is 4.88 Å². The lowest BCUT2D eigenvalue weighted by Gasteiger charge is -2.28. The Hall–Kier alpha value is -1.08. The molecule has 2 N–H and O–H groups in total. The zero-order valence-electron chi connectivity index (χ0n) is 15.8. The predicted molar refractivity (Wildman–Crippen MR) is 109 cm³/mol. The van der Waals surface area contributed by atoms with Gasteiger partial charge in [0.2, 0.25) is 0 Å². The van der Waals surface area contributed by atoms with Crippen molar-refractivity contribution < 1.29 is 14.3 Å². The van der Waals surface area contributed by atoms with Crippen LogP contribution < -0.4 is 10.6 Å². The number of hydrogen-bond acceptors (Lipinski definition) is 4. The van der Waals surface area contributed by atoms with Gasteiger partial charge >= 0.3 is 6.09 Å². The van der Waals surface area contributed by atoms with Crippen molar-refractivity contribution in [1.82, 2.24) is 10.6 Å². The normalized spacial score (nSPS) is 16.8. The molecule has 0 bridgehead atoms. The monoisotopic (exact) mass is 444 g/mol. The van der Waals surface area contributed by atoms with Gasteiger partial charge in [0.25, 0.3) is 5.91 Å². The first-order chi connectivity index (χ1) is 12.2. The number of halogens is 1. The molecular formula is C19H29BrN2O3S. The highest BCUT2D eigenvalue weighted by molar-refractivity contribution is 9.10. The fourth-order valence-corrected chi connectivity index (χ4v) is 4.56. The maximum Gasteiger partial charge on any atom is 0.407 e. The summed E-state index contributed by atoms with van der Waals surface area (Å²) in [7, 11) is 0. The third-order valence-electron chi connectivity index (χ3n) is 4.36. The van der Waals surface area contributed by atoms with Crippen LogP contribution in [0.4, 0.5) is 4.79 Å². The van der Waals surface area contributed by atoms with Crippen LogP contribution in [0.5, 0.6) is 0 Å². The van der Waals surface area contributed by atoms with E-state index >= 15 is 0 Å². The van der Waals surface area contributed by atoms with Crippen LogP contribution >= 0.6 is 27.3 Å². The average Bonchev–Trinajstić information content (AvgIpc) is 2.98. The van der Waals surface area contributed by atoms with Crippen molar-refractivity contribution in [1.29, 1.82) is 0 Å². The number of hydrogen-bond donors (Lipinski definition) is 2. The highest BCUT2D eigenvalue weighted by Crippen LogP contribution is 2.27. The Labute approximate surface area is 168 Å². The minimum Gasteiger partial charge on any atom is -0.444 e. The molecule has 146 valence electrons. The quantitative estimate of drug-likeness (QED) is 0.640. The SMILES string of the molecule is CC(C)(C)OC(=O)NC[C@H](CC1CCCCC1)NC(=O)c1cc(Br)cs1. The Balaban J connectivity index is 1.93. The first kappa shape index (κ1) is 21.2. The van der Waals surface area contributed by atoms with Crippen LogP contribution in [0.3, 0.4) is 0 Å². The smallest absolute Gasteiger partial charge is 0.407 e. The Morgan fingerprint density at radius 2 is 2.00 bits per heavy atom. The lowest BCUT2D eigenvalue weighted by Crippen LogP contribution is -2.45. The van der Waals surface area contributed by atoms with Crippen molar-refractivity contribution in [3.05, 3.63) is 20.8 Å². The number of nitrogens with one attached hydrogen (secondary N) is 2. The van der Waals surface area contributed by atoms with Crippen molar-refractivity contribution in [3.8, 4) is 0 Å². The van der Waals surface area contributed by atoms with E-state index in [4.69, 9.17) is 4.74 Å². The molecule has 2 amide bonds. The van der Waals surface area contributed by atoms with Gasteiger partial charge in [-0.25, -0.2) is 4.79 Å². The third kappa shape index (κ3) is 7.66. The summed E-state index contributed by atoms with van der Waals surface area (Å²) < 4.78 is 6.21. The standard InChI is InChI=1S/C19H29BrN2O3S/c1-19(2,3)25-18(24)21-11-15(9-13-7-5-4-6-8-13)22-17(23)16-10-14(20)12-26-16/h10,12-13,15H,4-9,11H2,1-3H3,(H,21,24)(H,22,23)/t15-/m0/s1. The number of amides is 2. The van der Waals surface area contributed by atoms with Gasteiger partial charge in [0.15, 0.2) is 0 Å². The molecule has 1 heterocycles. The summed E-state index contributed by atoms with van der Waals surface area (Å²) in [6.07, 6.45) is 6.64. The molecule has 5 nitrogen and oxygen atoms in total. The molecule has 0 aromatic carbocycles. The van der Waals surface area contributed by atoms with Gasteiger partial charge in [0.1, 0.15) is 5.60 Å². The minimum atomic E-state index is -0.532. The average molecular weight is 445 g/mol. The van der Waals surface area contributed by atoms with Crippen LogP contribution in [0.1, 0.15) is 69.0 Å². The van der Waals surface area contributed by atoms with E-state index in [1.165, 1.54) is 43.4 Å². The Kier molecular flexibility index (Phi) is 7.95. The number of carbonyl (C=O) groups is 2. The van der Waals surface area contributed by atoms with Gasteiger partial charge in [0, 0.05) is 22.4 Å². The van der Waals surface area contributed by atoms with Crippen LogP contribution in [0.15, 0.2) is 15.9 Å². The molecule has 1 aromatic rings. The summed E-state index contributed by atoms with van der Waals surface area (Å²) in [6, 6.07) is 1.72. The van der Waals surface area contributed by atoms with Gasteiger partial charge in [-0.1, -0.05) is 32.1 Å². The molecule has 0 aliphatic heterocycles. The molecule has 1 aromatic heterocycles. The molecule has 26 heavy (non-hydrogen) atoms. The molecule has 0 saturated heterocycles. The van der Waals surface area contributed by atoms with Gasteiger partial charge < -0.3 is 15.4 Å². The fourth-order valence-electron chi connectivity index (χ4n) is 3.23. The number of rotatable bonds is 6. The number of ether oxygens (including phenoxy) is 1. The zero-order chi connectivity index (χ0) is 19.2. The van der Waals surface area contributed by atoms with E-state index in [2.05, 4.69) is 26.6 Å². The first-order valence-electron chi connectivity index (χ1n) is 9.24. The Bertz CT molecular complexity index is 606. The molecule has 1 fully saturated rings. The van der Waals surface area contributed by atoms with E-state index in [0.29, 0.717) is 17.3 Å². The van der Waals surface area contributed by atoms with Crippen molar-refractivity contribution in [3.63, 3.8) is 0 Å². The molecule has 7 heteroatoms. The zero-order valence-corrected chi connectivity index (χ0v) is 18.2. The number of carbonyl (C=O) groups excluding carboxylic acids is 2. The molecular weight excluding hydrogens is 416 g/mol. The summed E-state index contributed by atoms with van der Waals surface area (Å²) in [5, 5.41) is 7.79. The lowest BCUT2D eigenvalue weighted by molar-refractivity contribution is 0.0517. The highest BCUT2D eigenvalue weighted by atomic mass is 79.9. The molecule has 0 radical (unpaired) electrons. The van der Waals surface area contributed by atoms with Crippen LogP contribution in [-0.2, 0) is 4.74 Å². The summed E-state index contributed by atoms with van der Waals surface area (Å²) in [6.45, 7) is 5.89. The molecule has 1 aliphatic carbocycles. The number of thiophene rings is 1. The van der Waals surface area contributed by atoms with E-state index in [0.717, 1.165) is 10.9 Å². The van der Waals surface area contributed by atoms with Crippen molar-refractivity contribution in [2.75, 3.05) is 6.54 Å². The van der Waals surface area contributed by atoms with Crippen molar-refractivity contribution >= 4 is 39.3 Å². The topological polar surface area (TPSA) is 67.4 Å². The van der Waals surface area contributed by atoms with Crippen LogP contribution in [0, 0.1) is 5.92 Å². The van der Waals surface area contributed by atoms with Crippen molar-refractivity contribution in [2.45, 2.75) is 70.9 Å². The second-order valence-corrected chi connectivity index (χ2v) is 9.75. The summed E-state index contributed by atoms with van der Waals surface area (Å²) >= 11 is 4.79. The van der Waals surface area contributed by atoms with E-state index in [-0.39, 0.29) is 11.9 Å². The Morgan fingerprint density at radius 1 is 1.31 bits per heavy atom. The number of alkyl carbamates (subject to hydrolysis) is 1. The van der Waals surface area contributed by atoms with Crippen LogP contribution in [0.2, 0.25) is 0 Å².